The highest BCUT2D eigenvalue weighted by atomic mass is 16.5. The number of hydrogen-bond acceptors (Lipinski definition) is 4. The van der Waals surface area contributed by atoms with Crippen LogP contribution in [0, 0.1) is 0 Å². The van der Waals surface area contributed by atoms with Crippen molar-refractivity contribution in [3.63, 3.8) is 0 Å². The number of carbonyl (C=O) groups excluding carboxylic acids is 1. The third-order valence-corrected chi connectivity index (χ3v) is 2.73. The Labute approximate surface area is 88.4 Å². The zero-order valence-electron chi connectivity index (χ0n) is 8.77. The molecule has 82 valence electrons. The van der Waals surface area contributed by atoms with E-state index < -0.39 is 0 Å². The van der Waals surface area contributed by atoms with Crippen LogP contribution >= 0.6 is 0 Å². The van der Waals surface area contributed by atoms with Gasteiger partial charge >= 0.3 is 5.97 Å². The van der Waals surface area contributed by atoms with E-state index in [2.05, 4.69) is 15.0 Å². The minimum Gasteiger partial charge on any atom is -0.469 e. The third-order valence-electron chi connectivity index (χ3n) is 2.73. The van der Waals surface area contributed by atoms with Gasteiger partial charge in [0.05, 0.1) is 19.9 Å². The van der Waals surface area contributed by atoms with Crippen molar-refractivity contribution < 1.29 is 9.53 Å². The van der Waals surface area contributed by atoms with Gasteiger partial charge in [-0.05, 0) is 0 Å². The molecule has 1 aromatic heterocycles. The minimum absolute atomic E-state index is 0.179. The summed E-state index contributed by atoms with van der Waals surface area (Å²) in [6.07, 6.45) is 4.05. The van der Waals surface area contributed by atoms with Crippen LogP contribution < -0.4 is 5.32 Å². The number of ether oxygens (including phenoxy) is 1. The number of nitrogens with one attached hydrogen (secondary N) is 1. The lowest BCUT2D eigenvalue weighted by Crippen LogP contribution is -2.40. The lowest BCUT2D eigenvalue weighted by Gasteiger charge is -2.27. The van der Waals surface area contributed by atoms with Gasteiger partial charge in [0.1, 0.15) is 0 Å². The Morgan fingerprint density at radius 3 is 3.13 bits per heavy atom. The van der Waals surface area contributed by atoms with E-state index in [1.807, 2.05) is 10.8 Å². The van der Waals surface area contributed by atoms with Gasteiger partial charge in [-0.25, -0.2) is 4.98 Å². The van der Waals surface area contributed by atoms with E-state index in [0.717, 1.165) is 13.1 Å². The van der Waals surface area contributed by atoms with Crippen LogP contribution in [0.25, 0.3) is 0 Å². The monoisotopic (exact) mass is 209 g/mol. The molecule has 5 heteroatoms. The molecule has 0 atom stereocenters. The predicted octanol–water partition coefficient (Wildman–Crippen LogP) is 0.133. The summed E-state index contributed by atoms with van der Waals surface area (Å²) in [5.74, 6) is 0.367. The van der Waals surface area contributed by atoms with E-state index >= 15 is 0 Å². The topological polar surface area (TPSA) is 56.2 Å². The molecule has 1 aliphatic heterocycles. The Balaban J connectivity index is 1.95. The van der Waals surface area contributed by atoms with Crippen molar-refractivity contribution in [2.24, 2.45) is 0 Å². The minimum atomic E-state index is -0.179. The Morgan fingerprint density at radius 1 is 1.73 bits per heavy atom. The normalized spacial score (nSPS) is 16.1. The second-order valence-electron chi connectivity index (χ2n) is 3.69. The van der Waals surface area contributed by atoms with Crippen LogP contribution in [0.5, 0.6) is 0 Å². The summed E-state index contributed by atoms with van der Waals surface area (Å²) in [6.45, 7) is 2.66. The first-order valence-electron chi connectivity index (χ1n) is 5.09. The lowest BCUT2D eigenvalue weighted by molar-refractivity contribution is -0.140. The van der Waals surface area contributed by atoms with Gasteiger partial charge < -0.3 is 14.6 Å². The van der Waals surface area contributed by atoms with Crippen molar-refractivity contribution in [3.05, 3.63) is 18.2 Å². The molecule has 2 heterocycles. The lowest BCUT2D eigenvalue weighted by atomic mass is 10.00. The first-order chi connectivity index (χ1) is 7.31. The molecule has 5 nitrogen and oxygen atoms in total. The molecule has 1 fully saturated rings. The smallest absolute Gasteiger partial charge is 0.307 e. The number of hydrogen-bond donors (Lipinski definition) is 1. The zero-order valence-corrected chi connectivity index (χ0v) is 8.77. The maximum Gasteiger partial charge on any atom is 0.307 e. The molecule has 0 unspecified atom stereocenters. The maximum absolute atomic E-state index is 11.0. The highest BCUT2D eigenvalue weighted by Gasteiger charge is 2.22. The van der Waals surface area contributed by atoms with E-state index in [0.29, 0.717) is 18.9 Å². The van der Waals surface area contributed by atoms with Crippen molar-refractivity contribution in [2.45, 2.75) is 18.9 Å². The highest BCUT2D eigenvalue weighted by molar-refractivity contribution is 5.68. The van der Waals surface area contributed by atoms with Crippen molar-refractivity contribution in [3.8, 4) is 0 Å². The average Bonchev–Trinajstić information content (AvgIpc) is 2.60. The number of methoxy groups -OCH3 is 1. The molecule has 0 bridgehead atoms. The van der Waals surface area contributed by atoms with Crippen LogP contribution in [0.2, 0.25) is 0 Å². The van der Waals surface area contributed by atoms with Crippen LogP contribution in [0.15, 0.2) is 12.5 Å². The standard InChI is InChI=1S/C10H15N3O2/c1-15-10(14)2-3-13-7-12-6-9(13)8-4-11-5-8/h6-8,11H,2-5H2,1H3. The Morgan fingerprint density at radius 2 is 2.53 bits per heavy atom. The quantitative estimate of drug-likeness (QED) is 0.716. The summed E-state index contributed by atoms with van der Waals surface area (Å²) in [5, 5.41) is 3.22. The average molecular weight is 209 g/mol. The highest BCUT2D eigenvalue weighted by Crippen LogP contribution is 2.19. The van der Waals surface area contributed by atoms with Gasteiger partial charge in [-0.2, -0.15) is 0 Å². The summed E-state index contributed by atoms with van der Waals surface area (Å²) in [7, 11) is 1.41. The molecule has 1 aromatic rings. The molecule has 0 amide bonds. The Kier molecular flexibility index (Phi) is 3.01. The van der Waals surface area contributed by atoms with E-state index in [-0.39, 0.29) is 5.97 Å². The molecular weight excluding hydrogens is 194 g/mol. The molecule has 0 spiro atoms. The number of aryl methyl sites for hydroxylation is 1. The van der Waals surface area contributed by atoms with Crippen molar-refractivity contribution in [2.75, 3.05) is 20.2 Å². The van der Waals surface area contributed by atoms with Crippen molar-refractivity contribution in [1.82, 2.24) is 14.9 Å². The molecule has 1 aliphatic rings. The molecular formula is C10H15N3O2. The fraction of sp³-hybridized carbons (Fsp3) is 0.600. The molecule has 15 heavy (non-hydrogen) atoms. The van der Waals surface area contributed by atoms with E-state index in [9.17, 15) is 4.79 Å². The van der Waals surface area contributed by atoms with Gasteiger partial charge in [-0.3, -0.25) is 4.79 Å². The van der Waals surface area contributed by atoms with E-state index in [1.54, 1.807) is 6.33 Å². The second kappa shape index (κ2) is 4.44. The number of carbonyl (C=O) groups is 1. The zero-order chi connectivity index (χ0) is 10.7. The largest absolute Gasteiger partial charge is 0.469 e. The number of nitrogens with zero attached hydrogens (tertiary/aromatic N) is 2. The Hall–Kier alpha value is -1.36. The summed E-state index contributed by atoms with van der Waals surface area (Å²) in [4.78, 5) is 15.1. The number of rotatable bonds is 4. The Bertz CT molecular complexity index is 344. The van der Waals surface area contributed by atoms with Gasteiger partial charge in [0.25, 0.3) is 0 Å². The maximum atomic E-state index is 11.0. The molecule has 2 rings (SSSR count). The molecule has 0 aliphatic carbocycles. The summed E-state index contributed by atoms with van der Waals surface area (Å²) >= 11 is 0. The van der Waals surface area contributed by atoms with Gasteiger partial charge in [-0.15, -0.1) is 0 Å². The van der Waals surface area contributed by atoms with E-state index in [4.69, 9.17) is 0 Å². The number of aromatic nitrogens is 2. The molecule has 0 radical (unpaired) electrons. The third kappa shape index (κ3) is 2.18. The summed E-state index contributed by atoms with van der Waals surface area (Å²) in [5.41, 5.74) is 1.21. The molecule has 1 N–H and O–H groups in total. The van der Waals surface area contributed by atoms with Crippen molar-refractivity contribution in [1.29, 1.82) is 0 Å². The summed E-state index contributed by atoms with van der Waals surface area (Å²) < 4.78 is 6.63. The first kappa shape index (κ1) is 10.2. The predicted molar refractivity (Wildman–Crippen MR) is 54.5 cm³/mol. The molecule has 1 saturated heterocycles. The fourth-order valence-corrected chi connectivity index (χ4v) is 1.67. The number of imidazole rings is 1. The van der Waals surface area contributed by atoms with Gasteiger partial charge in [0.15, 0.2) is 0 Å². The first-order valence-corrected chi connectivity index (χ1v) is 5.09. The van der Waals surface area contributed by atoms with Gasteiger partial charge in [0, 0.05) is 37.4 Å². The van der Waals surface area contributed by atoms with Crippen LogP contribution in [-0.2, 0) is 16.1 Å². The number of esters is 1. The van der Waals surface area contributed by atoms with Crippen LogP contribution in [0.3, 0.4) is 0 Å². The van der Waals surface area contributed by atoms with Crippen molar-refractivity contribution >= 4 is 5.97 Å². The van der Waals surface area contributed by atoms with Gasteiger partial charge in [0.2, 0.25) is 0 Å². The van der Waals surface area contributed by atoms with Crippen LogP contribution in [0.1, 0.15) is 18.0 Å². The molecule has 0 aromatic carbocycles. The van der Waals surface area contributed by atoms with Crippen LogP contribution in [-0.4, -0.2) is 35.7 Å². The SMILES string of the molecule is COC(=O)CCn1cncc1C1CNC1. The van der Waals surface area contributed by atoms with Crippen LogP contribution in [0.4, 0.5) is 0 Å². The molecule has 0 saturated carbocycles. The van der Waals surface area contributed by atoms with E-state index in [1.165, 1.54) is 12.8 Å². The van der Waals surface area contributed by atoms with Gasteiger partial charge in [-0.1, -0.05) is 0 Å². The fourth-order valence-electron chi connectivity index (χ4n) is 1.67. The summed E-state index contributed by atoms with van der Waals surface area (Å²) in [6, 6.07) is 0. The second-order valence-corrected chi connectivity index (χ2v) is 3.69.